The van der Waals surface area contributed by atoms with E-state index in [1.807, 2.05) is 24.3 Å². The number of aromatic nitrogens is 1. The highest BCUT2D eigenvalue weighted by molar-refractivity contribution is 9.10. The topological polar surface area (TPSA) is 50.9 Å². The number of thiocarbonyl (C=S) groups is 1. The molecule has 18 heavy (non-hydrogen) atoms. The maximum Gasteiger partial charge on any atom is 0.122 e. The van der Waals surface area contributed by atoms with Crippen LogP contribution in [0.1, 0.15) is 11.3 Å². The summed E-state index contributed by atoms with van der Waals surface area (Å²) >= 11 is 8.31. The summed E-state index contributed by atoms with van der Waals surface area (Å²) in [6.45, 7) is 0.744. The van der Waals surface area contributed by atoms with Gasteiger partial charge in [0.2, 0.25) is 0 Å². The molecule has 0 saturated heterocycles. The molecule has 0 aliphatic rings. The number of anilines is 1. The SMILES string of the molecule is NC(=S)c1cc(NCc2ccc(Br)cc2)ccn1. The standard InChI is InChI=1S/C13H12BrN3S/c14-10-3-1-9(2-4-10)8-17-11-5-6-16-12(7-11)13(15)18/h1-7H,8H2,(H2,15,18)(H,16,17). The predicted octanol–water partition coefficient (Wildman–Crippen LogP) is 3.09. The van der Waals surface area contributed by atoms with Gasteiger partial charge in [0.25, 0.3) is 0 Å². The first-order valence-corrected chi connectivity index (χ1v) is 6.59. The van der Waals surface area contributed by atoms with Crippen molar-refractivity contribution in [2.24, 2.45) is 5.73 Å². The van der Waals surface area contributed by atoms with Gasteiger partial charge in [-0.3, -0.25) is 4.98 Å². The number of benzene rings is 1. The Morgan fingerprint density at radius 2 is 2.00 bits per heavy atom. The van der Waals surface area contributed by atoms with Crippen LogP contribution in [0.5, 0.6) is 0 Å². The van der Waals surface area contributed by atoms with Crippen molar-refractivity contribution < 1.29 is 0 Å². The summed E-state index contributed by atoms with van der Waals surface area (Å²) in [6, 6.07) is 11.9. The van der Waals surface area contributed by atoms with E-state index < -0.39 is 0 Å². The van der Waals surface area contributed by atoms with Gasteiger partial charge in [0, 0.05) is 22.9 Å². The average Bonchev–Trinajstić information content (AvgIpc) is 2.38. The van der Waals surface area contributed by atoms with E-state index in [1.165, 1.54) is 5.56 Å². The van der Waals surface area contributed by atoms with Crippen LogP contribution in [0.4, 0.5) is 5.69 Å². The van der Waals surface area contributed by atoms with Crippen LogP contribution >= 0.6 is 28.1 Å². The van der Waals surface area contributed by atoms with E-state index in [0.717, 1.165) is 16.7 Å². The molecule has 3 nitrogen and oxygen atoms in total. The number of hydrogen-bond acceptors (Lipinski definition) is 3. The lowest BCUT2D eigenvalue weighted by Gasteiger charge is -2.07. The van der Waals surface area contributed by atoms with Crippen molar-refractivity contribution in [2.75, 3.05) is 5.32 Å². The van der Waals surface area contributed by atoms with E-state index in [9.17, 15) is 0 Å². The summed E-state index contributed by atoms with van der Waals surface area (Å²) in [5, 5.41) is 3.31. The van der Waals surface area contributed by atoms with E-state index in [4.69, 9.17) is 18.0 Å². The van der Waals surface area contributed by atoms with Crippen LogP contribution in [0, 0.1) is 0 Å². The fourth-order valence-corrected chi connectivity index (χ4v) is 1.86. The Bertz CT molecular complexity index is 554. The van der Waals surface area contributed by atoms with Gasteiger partial charge < -0.3 is 11.1 Å². The molecule has 0 bridgehead atoms. The van der Waals surface area contributed by atoms with Crippen molar-refractivity contribution in [3.63, 3.8) is 0 Å². The van der Waals surface area contributed by atoms with E-state index >= 15 is 0 Å². The monoisotopic (exact) mass is 321 g/mol. The Hall–Kier alpha value is -1.46. The Labute approximate surface area is 120 Å². The van der Waals surface area contributed by atoms with Crippen molar-refractivity contribution in [3.8, 4) is 0 Å². The number of hydrogen-bond donors (Lipinski definition) is 2. The molecule has 1 heterocycles. The molecule has 0 atom stereocenters. The van der Waals surface area contributed by atoms with Gasteiger partial charge in [0.05, 0.1) is 5.69 Å². The van der Waals surface area contributed by atoms with E-state index in [0.29, 0.717) is 10.7 Å². The van der Waals surface area contributed by atoms with Gasteiger partial charge >= 0.3 is 0 Å². The number of halogens is 1. The number of nitrogens with zero attached hydrogens (tertiary/aromatic N) is 1. The maximum absolute atomic E-state index is 5.54. The summed E-state index contributed by atoms with van der Waals surface area (Å²) < 4.78 is 1.07. The molecule has 1 aromatic carbocycles. The summed E-state index contributed by atoms with van der Waals surface area (Å²) in [5.41, 5.74) is 8.33. The third-order valence-electron chi connectivity index (χ3n) is 2.42. The van der Waals surface area contributed by atoms with Gasteiger partial charge in [-0.25, -0.2) is 0 Å². The fraction of sp³-hybridized carbons (Fsp3) is 0.0769. The quantitative estimate of drug-likeness (QED) is 0.850. The van der Waals surface area contributed by atoms with Crippen LogP contribution in [0.2, 0.25) is 0 Å². The van der Waals surface area contributed by atoms with Crippen molar-refractivity contribution in [1.82, 2.24) is 4.98 Å². The zero-order chi connectivity index (χ0) is 13.0. The second-order valence-electron chi connectivity index (χ2n) is 3.77. The third-order valence-corrected chi connectivity index (χ3v) is 3.16. The minimum absolute atomic E-state index is 0.308. The zero-order valence-corrected chi connectivity index (χ0v) is 12.0. The van der Waals surface area contributed by atoms with Crippen LogP contribution in [0.15, 0.2) is 47.1 Å². The molecule has 5 heteroatoms. The first-order valence-electron chi connectivity index (χ1n) is 5.39. The molecule has 2 aromatic rings. The molecule has 0 spiro atoms. The van der Waals surface area contributed by atoms with E-state index in [1.54, 1.807) is 6.20 Å². The zero-order valence-electron chi connectivity index (χ0n) is 9.56. The van der Waals surface area contributed by atoms with Crippen molar-refractivity contribution >= 4 is 38.8 Å². The van der Waals surface area contributed by atoms with Crippen LogP contribution < -0.4 is 11.1 Å². The molecule has 92 valence electrons. The molecule has 0 fully saturated rings. The maximum atomic E-state index is 5.54. The van der Waals surface area contributed by atoms with Crippen molar-refractivity contribution in [3.05, 3.63) is 58.3 Å². The Kier molecular flexibility index (Phi) is 4.28. The predicted molar refractivity (Wildman–Crippen MR) is 81.6 cm³/mol. The summed E-state index contributed by atoms with van der Waals surface area (Å²) in [7, 11) is 0. The highest BCUT2D eigenvalue weighted by Crippen LogP contribution is 2.13. The lowest BCUT2D eigenvalue weighted by Crippen LogP contribution is -2.12. The van der Waals surface area contributed by atoms with Crippen LogP contribution in [0.3, 0.4) is 0 Å². The second kappa shape index (κ2) is 5.93. The molecule has 0 unspecified atom stereocenters. The highest BCUT2D eigenvalue weighted by Gasteiger charge is 2.00. The summed E-state index contributed by atoms with van der Waals surface area (Å²) in [4.78, 5) is 4.40. The van der Waals surface area contributed by atoms with Crippen molar-refractivity contribution in [1.29, 1.82) is 0 Å². The van der Waals surface area contributed by atoms with Gasteiger partial charge in [-0.15, -0.1) is 0 Å². The lowest BCUT2D eigenvalue weighted by atomic mass is 10.2. The molecule has 2 rings (SSSR count). The molecular weight excluding hydrogens is 310 g/mol. The number of nitrogens with two attached hydrogens (primary N) is 1. The highest BCUT2D eigenvalue weighted by atomic mass is 79.9. The van der Waals surface area contributed by atoms with Gasteiger partial charge in [0.15, 0.2) is 0 Å². The smallest absolute Gasteiger partial charge is 0.122 e. The molecular formula is C13H12BrN3S. The van der Waals surface area contributed by atoms with Gasteiger partial charge in [-0.1, -0.05) is 40.3 Å². The third kappa shape index (κ3) is 3.51. The first-order chi connectivity index (χ1) is 8.65. The molecule has 1 aromatic heterocycles. The Morgan fingerprint density at radius 1 is 1.28 bits per heavy atom. The minimum Gasteiger partial charge on any atom is -0.388 e. The van der Waals surface area contributed by atoms with Crippen LogP contribution in [-0.2, 0) is 6.54 Å². The lowest BCUT2D eigenvalue weighted by molar-refractivity contribution is 1.14. The molecule has 0 aliphatic carbocycles. The first kappa shape index (κ1) is 13.0. The minimum atomic E-state index is 0.308. The van der Waals surface area contributed by atoms with Gasteiger partial charge in [-0.2, -0.15) is 0 Å². The molecule has 0 aliphatic heterocycles. The average molecular weight is 322 g/mol. The normalized spacial score (nSPS) is 10.1. The van der Waals surface area contributed by atoms with Gasteiger partial charge in [0.1, 0.15) is 4.99 Å². The summed E-state index contributed by atoms with van der Waals surface area (Å²) in [6.07, 6.45) is 1.69. The van der Waals surface area contributed by atoms with E-state index in [-0.39, 0.29) is 0 Å². The molecule has 0 saturated carbocycles. The van der Waals surface area contributed by atoms with Crippen molar-refractivity contribution in [2.45, 2.75) is 6.54 Å². The number of pyridine rings is 1. The molecule has 0 radical (unpaired) electrons. The number of rotatable bonds is 4. The van der Waals surface area contributed by atoms with E-state index in [2.05, 4.69) is 38.4 Å². The largest absolute Gasteiger partial charge is 0.388 e. The Balaban J connectivity index is 2.04. The van der Waals surface area contributed by atoms with Crippen LogP contribution in [0.25, 0.3) is 0 Å². The molecule has 3 N–H and O–H groups in total. The fourth-order valence-electron chi connectivity index (χ4n) is 1.48. The molecule has 0 amide bonds. The second-order valence-corrected chi connectivity index (χ2v) is 5.13. The summed E-state index contributed by atoms with van der Waals surface area (Å²) in [5.74, 6) is 0. The Morgan fingerprint density at radius 3 is 2.67 bits per heavy atom. The van der Waals surface area contributed by atoms with Gasteiger partial charge in [-0.05, 0) is 29.8 Å². The number of nitrogens with one attached hydrogen (secondary N) is 1. The van der Waals surface area contributed by atoms with Crippen LogP contribution in [-0.4, -0.2) is 9.97 Å².